The summed E-state index contributed by atoms with van der Waals surface area (Å²) in [5, 5.41) is 6.52. The number of rotatable bonds is 8. The van der Waals surface area contributed by atoms with E-state index in [-0.39, 0.29) is 18.4 Å². The number of halogens is 1. The van der Waals surface area contributed by atoms with Gasteiger partial charge in [-0.05, 0) is 36.6 Å². The monoisotopic (exact) mass is 456 g/mol. The maximum Gasteiger partial charge on any atom is 0.226 e. The number of imidazole rings is 1. The number of benzene rings is 2. The standard InChI is InChI=1S/C22H21ClN4OS2/c1-29-11-10-19(21-26-17-8-4-5-9-18(17)27-21)25-20(28)12-14-13-30-22(24-14)15-6-2-3-7-16(15)23/h2-9,13,19H,10-12H2,1H3,(H,25,28)(H,26,27). The quantitative estimate of drug-likeness (QED) is 0.367. The minimum absolute atomic E-state index is 0.0717. The molecule has 0 spiro atoms. The molecule has 2 heterocycles. The molecule has 0 bridgehead atoms. The number of carbonyl (C=O) groups is 1. The number of fused-ring (bicyclic) bond motifs is 1. The van der Waals surface area contributed by atoms with E-state index in [4.69, 9.17) is 11.6 Å². The second-order valence-corrected chi connectivity index (χ2v) is 9.09. The fourth-order valence-corrected chi connectivity index (χ4v) is 4.82. The maximum atomic E-state index is 12.8. The number of H-pyrrole nitrogens is 1. The zero-order valence-corrected chi connectivity index (χ0v) is 18.8. The molecule has 1 atom stereocenters. The summed E-state index contributed by atoms with van der Waals surface area (Å²) in [5.41, 5.74) is 3.50. The zero-order valence-electron chi connectivity index (χ0n) is 16.4. The molecule has 0 fully saturated rings. The Morgan fingerprint density at radius 1 is 1.20 bits per heavy atom. The lowest BCUT2D eigenvalue weighted by atomic mass is 10.2. The summed E-state index contributed by atoms with van der Waals surface area (Å²) in [6.45, 7) is 0. The molecule has 0 saturated heterocycles. The fraction of sp³-hybridized carbons (Fsp3) is 0.227. The van der Waals surface area contributed by atoms with Gasteiger partial charge in [0, 0.05) is 10.9 Å². The highest BCUT2D eigenvalue weighted by molar-refractivity contribution is 7.98. The molecule has 2 aromatic carbocycles. The number of thioether (sulfide) groups is 1. The first-order chi connectivity index (χ1) is 14.6. The minimum atomic E-state index is -0.168. The molecule has 0 saturated carbocycles. The fourth-order valence-electron chi connectivity index (χ4n) is 3.21. The molecule has 30 heavy (non-hydrogen) atoms. The van der Waals surface area contributed by atoms with Gasteiger partial charge in [-0.25, -0.2) is 9.97 Å². The minimum Gasteiger partial charge on any atom is -0.346 e. The van der Waals surface area contributed by atoms with E-state index in [0.29, 0.717) is 5.02 Å². The number of nitrogens with zero attached hydrogens (tertiary/aromatic N) is 2. The van der Waals surface area contributed by atoms with Crippen molar-refractivity contribution < 1.29 is 4.79 Å². The van der Waals surface area contributed by atoms with Crippen LogP contribution < -0.4 is 5.32 Å². The van der Waals surface area contributed by atoms with E-state index in [1.807, 2.05) is 53.9 Å². The van der Waals surface area contributed by atoms with E-state index in [9.17, 15) is 4.79 Å². The third kappa shape index (κ3) is 4.86. The van der Waals surface area contributed by atoms with Crippen molar-refractivity contribution in [2.24, 2.45) is 0 Å². The number of amides is 1. The van der Waals surface area contributed by atoms with Crippen LogP contribution in [0.4, 0.5) is 0 Å². The van der Waals surface area contributed by atoms with Gasteiger partial charge >= 0.3 is 0 Å². The smallest absolute Gasteiger partial charge is 0.226 e. The number of hydrogen-bond donors (Lipinski definition) is 2. The maximum absolute atomic E-state index is 12.8. The number of aromatic amines is 1. The lowest BCUT2D eigenvalue weighted by Gasteiger charge is -2.16. The first kappa shape index (κ1) is 20.9. The highest BCUT2D eigenvalue weighted by Crippen LogP contribution is 2.30. The number of carbonyl (C=O) groups excluding carboxylic acids is 1. The molecule has 0 aliphatic rings. The van der Waals surface area contributed by atoms with Crippen LogP contribution in [0.3, 0.4) is 0 Å². The second-order valence-electron chi connectivity index (χ2n) is 6.84. The second kappa shape index (κ2) is 9.64. The van der Waals surface area contributed by atoms with Gasteiger partial charge in [-0.1, -0.05) is 41.9 Å². The molecule has 4 aromatic rings. The van der Waals surface area contributed by atoms with Crippen LogP contribution in [-0.4, -0.2) is 32.9 Å². The third-order valence-corrected chi connectivity index (χ3v) is 6.58. The van der Waals surface area contributed by atoms with Gasteiger partial charge in [0.25, 0.3) is 0 Å². The Kier molecular flexibility index (Phi) is 6.72. The van der Waals surface area contributed by atoms with Gasteiger partial charge in [-0.3, -0.25) is 4.79 Å². The molecule has 8 heteroatoms. The Balaban J connectivity index is 1.47. The van der Waals surface area contributed by atoms with Crippen LogP contribution in [0.15, 0.2) is 53.9 Å². The van der Waals surface area contributed by atoms with Gasteiger partial charge in [0.1, 0.15) is 10.8 Å². The molecule has 0 aliphatic carbocycles. The van der Waals surface area contributed by atoms with Crippen molar-refractivity contribution in [2.75, 3.05) is 12.0 Å². The Hall–Kier alpha value is -2.35. The van der Waals surface area contributed by atoms with Crippen molar-refractivity contribution in [3.8, 4) is 10.6 Å². The van der Waals surface area contributed by atoms with Crippen LogP contribution in [0.5, 0.6) is 0 Å². The summed E-state index contributed by atoms with van der Waals surface area (Å²) >= 11 is 9.51. The highest BCUT2D eigenvalue weighted by atomic mass is 35.5. The van der Waals surface area contributed by atoms with Crippen molar-refractivity contribution in [1.82, 2.24) is 20.3 Å². The van der Waals surface area contributed by atoms with Gasteiger partial charge in [0.05, 0.1) is 34.2 Å². The van der Waals surface area contributed by atoms with E-state index in [2.05, 4.69) is 26.5 Å². The predicted octanol–water partition coefficient (Wildman–Crippen LogP) is 5.49. The third-order valence-electron chi connectivity index (χ3n) is 4.68. The number of thiazole rings is 1. The van der Waals surface area contributed by atoms with Crippen LogP contribution in [0.25, 0.3) is 21.6 Å². The van der Waals surface area contributed by atoms with E-state index >= 15 is 0 Å². The molecule has 0 aliphatic heterocycles. The van der Waals surface area contributed by atoms with Crippen LogP contribution in [-0.2, 0) is 11.2 Å². The molecule has 1 amide bonds. The molecule has 154 valence electrons. The van der Waals surface area contributed by atoms with Gasteiger partial charge in [0.2, 0.25) is 5.91 Å². The lowest BCUT2D eigenvalue weighted by molar-refractivity contribution is -0.121. The van der Waals surface area contributed by atoms with E-state index in [1.54, 1.807) is 11.8 Å². The Labute approximate surface area is 188 Å². The topological polar surface area (TPSA) is 70.7 Å². The molecular formula is C22H21ClN4OS2. The van der Waals surface area contributed by atoms with Crippen molar-refractivity contribution in [1.29, 1.82) is 0 Å². The number of para-hydroxylation sites is 2. The van der Waals surface area contributed by atoms with Crippen LogP contribution in [0, 0.1) is 0 Å². The van der Waals surface area contributed by atoms with E-state index in [1.165, 1.54) is 11.3 Å². The summed E-state index contributed by atoms with van der Waals surface area (Å²) in [4.78, 5) is 25.4. The Morgan fingerprint density at radius 3 is 2.80 bits per heavy atom. The van der Waals surface area contributed by atoms with Crippen LogP contribution in [0.1, 0.15) is 24.0 Å². The molecule has 2 N–H and O–H groups in total. The largest absolute Gasteiger partial charge is 0.346 e. The van der Waals surface area contributed by atoms with Gasteiger partial charge in [-0.15, -0.1) is 11.3 Å². The summed E-state index contributed by atoms with van der Waals surface area (Å²) < 4.78 is 0. The van der Waals surface area contributed by atoms with E-state index in [0.717, 1.165) is 45.3 Å². The molecule has 2 aromatic heterocycles. The van der Waals surface area contributed by atoms with Gasteiger partial charge < -0.3 is 10.3 Å². The Bertz CT molecular complexity index is 1120. The average molecular weight is 457 g/mol. The normalized spacial score (nSPS) is 12.2. The first-order valence-corrected chi connectivity index (χ1v) is 12.2. The molecule has 4 rings (SSSR count). The zero-order chi connectivity index (χ0) is 20.9. The Morgan fingerprint density at radius 2 is 2.00 bits per heavy atom. The number of aromatic nitrogens is 3. The van der Waals surface area contributed by atoms with Crippen LogP contribution >= 0.6 is 34.7 Å². The van der Waals surface area contributed by atoms with E-state index < -0.39 is 0 Å². The molecule has 1 unspecified atom stereocenters. The summed E-state index contributed by atoms with van der Waals surface area (Å²) in [5.74, 6) is 1.64. The van der Waals surface area contributed by atoms with Crippen molar-refractivity contribution in [3.05, 3.63) is 70.5 Å². The van der Waals surface area contributed by atoms with Crippen molar-refractivity contribution in [2.45, 2.75) is 18.9 Å². The van der Waals surface area contributed by atoms with Gasteiger partial charge in [-0.2, -0.15) is 11.8 Å². The molecule has 0 radical (unpaired) electrons. The lowest BCUT2D eigenvalue weighted by Crippen LogP contribution is -2.31. The summed E-state index contributed by atoms with van der Waals surface area (Å²) in [7, 11) is 0. The highest BCUT2D eigenvalue weighted by Gasteiger charge is 2.19. The predicted molar refractivity (Wildman–Crippen MR) is 126 cm³/mol. The number of hydrogen-bond acceptors (Lipinski definition) is 5. The average Bonchev–Trinajstić information content (AvgIpc) is 3.38. The SMILES string of the molecule is CSCCC(NC(=O)Cc1csc(-c2ccccc2Cl)n1)c1nc2ccccc2[nH]1. The van der Waals surface area contributed by atoms with Crippen molar-refractivity contribution in [3.63, 3.8) is 0 Å². The first-order valence-electron chi connectivity index (χ1n) is 9.56. The summed E-state index contributed by atoms with van der Waals surface area (Å²) in [6.07, 6.45) is 3.08. The molecular weight excluding hydrogens is 436 g/mol. The van der Waals surface area contributed by atoms with Crippen molar-refractivity contribution >= 4 is 51.6 Å². The van der Waals surface area contributed by atoms with Gasteiger partial charge in [0.15, 0.2) is 0 Å². The van der Waals surface area contributed by atoms with Crippen LogP contribution in [0.2, 0.25) is 5.02 Å². The number of nitrogens with one attached hydrogen (secondary N) is 2. The summed E-state index contributed by atoms with van der Waals surface area (Å²) in [6, 6.07) is 15.3. The molecule has 5 nitrogen and oxygen atoms in total.